The van der Waals surface area contributed by atoms with Gasteiger partial charge in [0.05, 0.1) is 22.8 Å². The number of nitrogens with zero attached hydrogens (tertiary/aromatic N) is 2. The molecule has 29 heavy (non-hydrogen) atoms. The Kier molecular flexibility index (Phi) is 5.88. The van der Waals surface area contributed by atoms with Gasteiger partial charge in [-0.05, 0) is 42.8 Å². The second-order valence-corrected chi connectivity index (χ2v) is 6.67. The number of esters is 1. The van der Waals surface area contributed by atoms with Crippen molar-refractivity contribution in [2.45, 2.75) is 19.2 Å². The Balaban J connectivity index is 1.82. The summed E-state index contributed by atoms with van der Waals surface area (Å²) in [5, 5.41) is 13.6. The topological polar surface area (TPSA) is 74.2 Å². The van der Waals surface area contributed by atoms with Gasteiger partial charge in [-0.2, -0.15) is 13.2 Å². The van der Waals surface area contributed by atoms with Crippen LogP contribution in [0.15, 0.2) is 47.6 Å². The summed E-state index contributed by atoms with van der Waals surface area (Å²) in [5.41, 5.74) is 2.06. The molecule has 0 aliphatic carbocycles. The zero-order valence-electron chi connectivity index (χ0n) is 15.2. The molecule has 2 aromatic carbocycles. The van der Waals surface area contributed by atoms with E-state index in [-0.39, 0.29) is 28.8 Å². The number of phenols is 1. The maximum absolute atomic E-state index is 12.9. The van der Waals surface area contributed by atoms with Crippen LogP contribution in [0.3, 0.4) is 0 Å². The van der Waals surface area contributed by atoms with E-state index >= 15 is 0 Å². The fourth-order valence-corrected chi connectivity index (χ4v) is 2.99. The lowest BCUT2D eigenvalue weighted by molar-refractivity contribution is -0.146. The number of rotatable bonds is 4. The van der Waals surface area contributed by atoms with Crippen molar-refractivity contribution in [1.82, 2.24) is 4.90 Å². The highest BCUT2D eigenvalue weighted by atomic mass is 35.5. The van der Waals surface area contributed by atoms with Crippen molar-refractivity contribution in [2.24, 2.45) is 5.10 Å². The molecule has 2 N–H and O–H groups in total. The summed E-state index contributed by atoms with van der Waals surface area (Å²) in [4.78, 5) is 14.1. The zero-order chi connectivity index (χ0) is 21.2. The summed E-state index contributed by atoms with van der Waals surface area (Å²) < 4.78 is 44.1. The highest BCUT2D eigenvalue weighted by Crippen LogP contribution is 2.34. The maximum atomic E-state index is 12.9. The number of amidine groups is 1. The summed E-state index contributed by atoms with van der Waals surface area (Å²) in [6.45, 7) is 2.47. The summed E-state index contributed by atoms with van der Waals surface area (Å²) in [6, 6.07) is 9.11. The van der Waals surface area contributed by atoms with Crippen LogP contribution in [-0.4, -0.2) is 34.9 Å². The smallest absolute Gasteiger partial charge is 0.416 e. The Hall–Kier alpha value is -2.94. The number of halogens is 4. The molecule has 1 atom stereocenters. The number of carbonyl (C=O) groups excluding carboxylic acids is 1. The molecular weight excluding hydrogens is 411 g/mol. The van der Waals surface area contributed by atoms with Gasteiger partial charge in [0.2, 0.25) is 5.84 Å². The standard InChI is InChI=1S/C19H17ClF3N3O3/c1-2-26-10-16(11-4-3-5-13(27)8-11)29-18(28)17(26)25-24-15-9-12(19(21,22)23)6-7-14(15)20/h3-9,16,24,27H,2,10H2,1H3. The van der Waals surface area contributed by atoms with Crippen LogP contribution in [0.2, 0.25) is 5.02 Å². The molecule has 6 nitrogen and oxygen atoms in total. The summed E-state index contributed by atoms with van der Waals surface area (Å²) >= 11 is 5.94. The van der Waals surface area contributed by atoms with E-state index in [9.17, 15) is 23.1 Å². The van der Waals surface area contributed by atoms with Crippen LogP contribution in [0.25, 0.3) is 0 Å². The normalized spacial score (nSPS) is 18.7. The number of ether oxygens (including phenoxy) is 1. The quantitative estimate of drug-likeness (QED) is 0.558. The van der Waals surface area contributed by atoms with Crippen molar-refractivity contribution >= 4 is 29.1 Å². The predicted molar refractivity (Wildman–Crippen MR) is 102 cm³/mol. The van der Waals surface area contributed by atoms with Crippen molar-refractivity contribution in [3.05, 3.63) is 58.6 Å². The first-order chi connectivity index (χ1) is 13.7. The molecule has 0 radical (unpaired) electrons. The van der Waals surface area contributed by atoms with Gasteiger partial charge in [0, 0.05) is 6.54 Å². The van der Waals surface area contributed by atoms with E-state index in [4.69, 9.17) is 16.3 Å². The van der Waals surface area contributed by atoms with Gasteiger partial charge >= 0.3 is 12.1 Å². The van der Waals surface area contributed by atoms with Crippen LogP contribution in [0, 0.1) is 0 Å². The number of hydrazone groups is 1. The molecule has 0 bridgehead atoms. The third kappa shape index (κ3) is 4.73. The fourth-order valence-electron chi connectivity index (χ4n) is 2.83. The monoisotopic (exact) mass is 427 g/mol. The van der Waals surface area contributed by atoms with Crippen LogP contribution in [0.1, 0.15) is 24.2 Å². The maximum Gasteiger partial charge on any atom is 0.416 e. The van der Waals surface area contributed by atoms with Crippen LogP contribution < -0.4 is 5.43 Å². The summed E-state index contributed by atoms with van der Waals surface area (Å²) in [5.74, 6) is -0.790. The van der Waals surface area contributed by atoms with Crippen molar-refractivity contribution < 1.29 is 27.8 Å². The molecule has 1 saturated heterocycles. The number of hydrogen-bond donors (Lipinski definition) is 2. The molecule has 0 amide bonds. The highest BCUT2D eigenvalue weighted by molar-refractivity contribution is 6.36. The third-order valence-electron chi connectivity index (χ3n) is 4.32. The lowest BCUT2D eigenvalue weighted by Crippen LogP contribution is -2.46. The van der Waals surface area contributed by atoms with E-state index in [2.05, 4.69) is 10.5 Å². The van der Waals surface area contributed by atoms with E-state index in [0.29, 0.717) is 12.1 Å². The molecular formula is C19H17ClF3N3O3. The fraction of sp³-hybridized carbons (Fsp3) is 0.263. The number of anilines is 1. The Morgan fingerprint density at radius 1 is 1.31 bits per heavy atom. The molecule has 154 valence electrons. The van der Waals surface area contributed by atoms with Crippen LogP contribution in [0.4, 0.5) is 18.9 Å². The molecule has 2 aromatic rings. The first kappa shape index (κ1) is 20.8. The van der Waals surface area contributed by atoms with Crippen LogP contribution in [0.5, 0.6) is 5.75 Å². The number of cyclic esters (lactones) is 1. The van der Waals surface area contributed by atoms with Crippen molar-refractivity contribution in [1.29, 1.82) is 0 Å². The van der Waals surface area contributed by atoms with Crippen LogP contribution in [-0.2, 0) is 15.7 Å². The number of alkyl halides is 3. The van der Waals surface area contributed by atoms with Crippen LogP contribution >= 0.6 is 11.6 Å². The van der Waals surface area contributed by atoms with Crippen molar-refractivity contribution in [3.8, 4) is 5.75 Å². The average Bonchev–Trinajstić information content (AvgIpc) is 2.66. The molecule has 10 heteroatoms. The number of nitrogens with one attached hydrogen (secondary N) is 1. The van der Waals surface area contributed by atoms with Gasteiger partial charge in [-0.15, -0.1) is 5.10 Å². The Morgan fingerprint density at radius 2 is 2.07 bits per heavy atom. The minimum absolute atomic E-state index is 0.0206. The first-order valence-corrected chi connectivity index (χ1v) is 9.02. The van der Waals surface area contributed by atoms with Gasteiger partial charge in [0.1, 0.15) is 11.9 Å². The van der Waals surface area contributed by atoms with E-state index in [1.807, 2.05) is 0 Å². The van der Waals surface area contributed by atoms with Crippen molar-refractivity contribution in [2.75, 3.05) is 18.5 Å². The molecule has 0 spiro atoms. The Labute approximate surface area is 169 Å². The first-order valence-electron chi connectivity index (χ1n) is 8.64. The van der Waals surface area contributed by atoms with E-state index in [1.165, 1.54) is 12.1 Å². The number of morpholine rings is 1. The zero-order valence-corrected chi connectivity index (χ0v) is 16.0. The lowest BCUT2D eigenvalue weighted by atomic mass is 10.1. The number of aromatic hydroxyl groups is 1. The molecule has 1 unspecified atom stereocenters. The minimum Gasteiger partial charge on any atom is -0.508 e. The van der Waals surface area contributed by atoms with Crippen molar-refractivity contribution in [3.63, 3.8) is 0 Å². The highest BCUT2D eigenvalue weighted by Gasteiger charge is 2.34. The summed E-state index contributed by atoms with van der Waals surface area (Å²) in [7, 11) is 0. The summed E-state index contributed by atoms with van der Waals surface area (Å²) in [6.07, 6.45) is -5.16. The Morgan fingerprint density at radius 3 is 2.72 bits per heavy atom. The van der Waals surface area contributed by atoms with Gasteiger partial charge in [-0.25, -0.2) is 4.79 Å². The van der Waals surface area contributed by atoms with Gasteiger partial charge in [-0.3, -0.25) is 5.43 Å². The predicted octanol–water partition coefficient (Wildman–Crippen LogP) is 4.41. The average molecular weight is 428 g/mol. The number of hydrogen-bond acceptors (Lipinski definition) is 5. The largest absolute Gasteiger partial charge is 0.508 e. The molecule has 1 aliphatic heterocycles. The molecule has 0 saturated carbocycles. The number of likely N-dealkylation sites (N-methyl/N-ethyl adjacent to an activating group) is 1. The lowest BCUT2D eigenvalue weighted by Gasteiger charge is -2.33. The number of carbonyl (C=O) groups is 1. The van der Waals surface area contributed by atoms with Gasteiger partial charge in [0.25, 0.3) is 0 Å². The molecule has 3 rings (SSSR count). The molecule has 1 heterocycles. The SMILES string of the molecule is CCN1CC(c2cccc(O)c2)OC(=O)C1=NNc1cc(C(F)(F)F)ccc1Cl. The van der Waals surface area contributed by atoms with E-state index in [1.54, 1.807) is 24.0 Å². The second kappa shape index (κ2) is 8.20. The van der Waals surface area contributed by atoms with Gasteiger partial charge in [0.15, 0.2) is 0 Å². The molecule has 1 aliphatic rings. The molecule has 1 fully saturated rings. The third-order valence-corrected chi connectivity index (χ3v) is 4.65. The number of phenolic OH excluding ortho intramolecular Hbond substituents is 1. The van der Waals surface area contributed by atoms with E-state index < -0.39 is 23.8 Å². The molecule has 0 aromatic heterocycles. The number of benzene rings is 2. The van der Waals surface area contributed by atoms with Gasteiger partial charge < -0.3 is 14.7 Å². The minimum atomic E-state index is -4.54. The van der Waals surface area contributed by atoms with E-state index in [0.717, 1.165) is 18.2 Å². The Bertz CT molecular complexity index is 950. The second-order valence-electron chi connectivity index (χ2n) is 6.27. The van der Waals surface area contributed by atoms with Gasteiger partial charge in [-0.1, -0.05) is 23.7 Å².